The SMILES string of the molecule is CCC(C)C(=O)OC12CCC3CC(O)(CC(O)(C3)C1)C2. The van der Waals surface area contributed by atoms with E-state index in [1.165, 1.54) is 0 Å². The summed E-state index contributed by atoms with van der Waals surface area (Å²) >= 11 is 0. The molecule has 3 unspecified atom stereocenters. The summed E-state index contributed by atoms with van der Waals surface area (Å²) in [7, 11) is 0. The minimum absolute atomic E-state index is 0.118. The van der Waals surface area contributed by atoms with Crippen LogP contribution in [-0.2, 0) is 9.53 Å². The number of rotatable bonds is 3. The maximum atomic E-state index is 12.2. The van der Waals surface area contributed by atoms with Crippen LogP contribution in [0.4, 0.5) is 0 Å². The molecule has 2 N–H and O–H groups in total. The van der Waals surface area contributed by atoms with Crippen molar-refractivity contribution >= 4 is 5.97 Å². The van der Waals surface area contributed by atoms with Gasteiger partial charge < -0.3 is 14.9 Å². The summed E-state index contributed by atoms with van der Waals surface area (Å²) in [5.74, 6) is 0.0668. The molecule has 0 aromatic carbocycles. The maximum absolute atomic E-state index is 12.2. The Hall–Kier alpha value is -0.610. The number of esters is 1. The normalized spacial score (nSPS) is 47.9. The number of hydrogen-bond acceptors (Lipinski definition) is 4. The van der Waals surface area contributed by atoms with E-state index in [4.69, 9.17) is 4.74 Å². The van der Waals surface area contributed by atoms with Crippen molar-refractivity contribution in [3.05, 3.63) is 0 Å². The van der Waals surface area contributed by atoms with E-state index in [0.717, 1.165) is 32.1 Å². The zero-order valence-electron chi connectivity index (χ0n) is 12.5. The molecule has 0 radical (unpaired) electrons. The first-order chi connectivity index (χ1) is 9.27. The second-order valence-corrected chi connectivity index (χ2v) is 7.71. The molecule has 4 bridgehead atoms. The van der Waals surface area contributed by atoms with E-state index in [9.17, 15) is 15.0 Å². The Labute approximate surface area is 120 Å². The lowest BCUT2D eigenvalue weighted by Crippen LogP contribution is -2.59. The van der Waals surface area contributed by atoms with Crippen LogP contribution < -0.4 is 0 Å². The minimum Gasteiger partial charge on any atom is -0.459 e. The van der Waals surface area contributed by atoms with E-state index in [2.05, 4.69) is 0 Å². The van der Waals surface area contributed by atoms with Gasteiger partial charge in [0.25, 0.3) is 0 Å². The first-order valence-electron chi connectivity index (χ1n) is 7.95. The van der Waals surface area contributed by atoms with Crippen LogP contribution in [0.3, 0.4) is 0 Å². The Morgan fingerprint density at radius 1 is 1.25 bits per heavy atom. The van der Waals surface area contributed by atoms with Gasteiger partial charge in [-0.25, -0.2) is 0 Å². The number of carbonyl (C=O) groups is 1. The van der Waals surface area contributed by atoms with Gasteiger partial charge >= 0.3 is 5.97 Å². The molecule has 3 atom stereocenters. The quantitative estimate of drug-likeness (QED) is 0.779. The van der Waals surface area contributed by atoms with Crippen LogP contribution in [0.15, 0.2) is 0 Å². The van der Waals surface area contributed by atoms with Gasteiger partial charge in [-0.3, -0.25) is 4.79 Å². The van der Waals surface area contributed by atoms with Crippen LogP contribution in [-0.4, -0.2) is 33.0 Å². The molecule has 4 saturated carbocycles. The molecular weight excluding hydrogens is 256 g/mol. The summed E-state index contributed by atoms with van der Waals surface area (Å²) in [5, 5.41) is 21.5. The molecule has 114 valence electrons. The van der Waals surface area contributed by atoms with Crippen molar-refractivity contribution in [1.82, 2.24) is 0 Å². The highest BCUT2D eigenvalue weighted by Gasteiger charge is 2.61. The number of ether oxygens (including phenoxy) is 1. The van der Waals surface area contributed by atoms with Gasteiger partial charge in [0.05, 0.1) is 17.1 Å². The highest BCUT2D eigenvalue weighted by Crippen LogP contribution is 2.58. The topological polar surface area (TPSA) is 66.8 Å². The Morgan fingerprint density at radius 3 is 2.40 bits per heavy atom. The van der Waals surface area contributed by atoms with Crippen molar-refractivity contribution in [2.45, 2.75) is 82.0 Å². The lowest BCUT2D eigenvalue weighted by molar-refractivity contribution is -0.215. The molecule has 4 aliphatic carbocycles. The third kappa shape index (κ3) is 2.37. The molecule has 4 heteroatoms. The molecule has 0 aromatic rings. The third-order valence-electron chi connectivity index (χ3n) is 5.64. The fraction of sp³-hybridized carbons (Fsp3) is 0.938. The van der Waals surface area contributed by atoms with E-state index < -0.39 is 16.8 Å². The number of carbonyl (C=O) groups excluding carboxylic acids is 1. The summed E-state index contributed by atoms with van der Waals surface area (Å²) in [4.78, 5) is 12.2. The first kappa shape index (κ1) is 14.3. The first-order valence-corrected chi connectivity index (χ1v) is 7.95. The summed E-state index contributed by atoms with van der Waals surface area (Å²) in [5.41, 5.74) is -2.34. The smallest absolute Gasteiger partial charge is 0.309 e. The standard InChI is InChI=1S/C16H26O4/c1-3-11(2)13(17)20-16-5-4-12-6-14(18,9-16)8-15(19,7-12)10-16/h11-12,18-19H,3-10H2,1-2H3. The van der Waals surface area contributed by atoms with Gasteiger partial charge in [0.2, 0.25) is 0 Å². The van der Waals surface area contributed by atoms with Crippen LogP contribution in [0.5, 0.6) is 0 Å². The predicted molar refractivity (Wildman–Crippen MR) is 74.0 cm³/mol. The summed E-state index contributed by atoms with van der Waals surface area (Å²) in [6.07, 6.45) is 5.42. The molecule has 0 saturated heterocycles. The van der Waals surface area contributed by atoms with Crippen molar-refractivity contribution < 1.29 is 19.7 Å². The number of aliphatic hydroxyl groups is 2. The van der Waals surface area contributed by atoms with Crippen molar-refractivity contribution in [2.24, 2.45) is 11.8 Å². The number of fused-ring (bicyclic) bond motifs is 1. The average molecular weight is 282 g/mol. The molecule has 20 heavy (non-hydrogen) atoms. The Morgan fingerprint density at radius 2 is 1.85 bits per heavy atom. The zero-order chi connectivity index (χ0) is 14.6. The molecule has 4 rings (SSSR count). The Balaban J connectivity index is 1.87. The van der Waals surface area contributed by atoms with Gasteiger partial charge in [-0.1, -0.05) is 13.8 Å². The van der Waals surface area contributed by atoms with Crippen LogP contribution in [0, 0.1) is 11.8 Å². The lowest BCUT2D eigenvalue weighted by atomic mass is 9.61. The molecule has 0 heterocycles. The van der Waals surface area contributed by atoms with E-state index in [1.807, 2.05) is 13.8 Å². The van der Waals surface area contributed by atoms with Gasteiger partial charge in [0.15, 0.2) is 0 Å². The van der Waals surface area contributed by atoms with Crippen LogP contribution in [0.2, 0.25) is 0 Å². The zero-order valence-corrected chi connectivity index (χ0v) is 12.5. The molecule has 0 spiro atoms. The fourth-order valence-corrected chi connectivity index (χ4v) is 4.89. The van der Waals surface area contributed by atoms with Gasteiger partial charge in [-0.05, 0) is 38.0 Å². The average Bonchev–Trinajstić information content (AvgIpc) is 2.47. The van der Waals surface area contributed by atoms with Crippen molar-refractivity contribution in [3.63, 3.8) is 0 Å². The van der Waals surface area contributed by atoms with Crippen molar-refractivity contribution in [2.75, 3.05) is 0 Å². The third-order valence-corrected chi connectivity index (χ3v) is 5.64. The second-order valence-electron chi connectivity index (χ2n) is 7.71. The molecule has 4 aliphatic rings. The largest absolute Gasteiger partial charge is 0.459 e. The van der Waals surface area contributed by atoms with Gasteiger partial charge in [-0.2, -0.15) is 0 Å². The van der Waals surface area contributed by atoms with Crippen LogP contribution >= 0.6 is 0 Å². The highest BCUT2D eigenvalue weighted by atomic mass is 16.6. The van der Waals surface area contributed by atoms with E-state index in [0.29, 0.717) is 25.2 Å². The molecule has 0 aromatic heterocycles. The number of hydrogen-bond donors (Lipinski definition) is 2. The van der Waals surface area contributed by atoms with E-state index in [1.54, 1.807) is 0 Å². The van der Waals surface area contributed by atoms with E-state index in [-0.39, 0.29) is 11.9 Å². The summed E-state index contributed by atoms with van der Waals surface area (Å²) < 4.78 is 5.85. The monoisotopic (exact) mass is 282 g/mol. The summed E-state index contributed by atoms with van der Waals surface area (Å²) in [6, 6.07) is 0. The van der Waals surface area contributed by atoms with Crippen molar-refractivity contribution in [3.8, 4) is 0 Å². The minimum atomic E-state index is -0.845. The summed E-state index contributed by atoms with van der Waals surface area (Å²) in [6.45, 7) is 3.84. The Bertz CT molecular complexity index is 401. The molecule has 0 amide bonds. The lowest BCUT2D eigenvalue weighted by Gasteiger charge is -2.53. The molecule has 0 aliphatic heterocycles. The van der Waals surface area contributed by atoms with Crippen LogP contribution in [0.1, 0.15) is 65.2 Å². The molecular formula is C16H26O4. The van der Waals surface area contributed by atoms with Crippen molar-refractivity contribution in [1.29, 1.82) is 0 Å². The molecule has 4 fully saturated rings. The second kappa shape index (κ2) is 4.44. The molecule has 4 nitrogen and oxygen atoms in total. The van der Waals surface area contributed by atoms with Gasteiger partial charge in [0, 0.05) is 19.3 Å². The maximum Gasteiger partial charge on any atom is 0.309 e. The predicted octanol–water partition coefficient (Wildman–Crippen LogP) is 2.16. The Kier molecular flexibility index (Phi) is 3.18. The van der Waals surface area contributed by atoms with Gasteiger partial charge in [-0.15, -0.1) is 0 Å². The van der Waals surface area contributed by atoms with Crippen LogP contribution in [0.25, 0.3) is 0 Å². The highest BCUT2D eigenvalue weighted by molar-refractivity contribution is 5.72. The van der Waals surface area contributed by atoms with Gasteiger partial charge in [0.1, 0.15) is 5.60 Å². The fourth-order valence-electron chi connectivity index (χ4n) is 4.89. The van der Waals surface area contributed by atoms with E-state index >= 15 is 0 Å².